The average Bonchev–Trinajstić information content (AvgIpc) is 2.87. The summed E-state index contributed by atoms with van der Waals surface area (Å²) in [5.74, 6) is -2.76. The van der Waals surface area contributed by atoms with Crippen LogP contribution in [0.15, 0.2) is 24.3 Å². The maximum absolute atomic E-state index is 13.6. The number of nitrogens with one attached hydrogen (secondary N) is 1. The predicted octanol–water partition coefficient (Wildman–Crippen LogP) is 2.05. The van der Waals surface area contributed by atoms with Crippen LogP contribution in [0.4, 0.5) is 9.18 Å². The van der Waals surface area contributed by atoms with Gasteiger partial charge in [0.25, 0.3) is 5.91 Å². The Morgan fingerprint density at radius 2 is 2.04 bits per heavy atom. The van der Waals surface area contributed by atoms with Gasteiger partial charge in [0.1, 0.15) is 17.9 Å². The minimum atomic E-state index is -0.960. The standard InChI is InChI=1S/C19H21FN2O5/c1-12-6-4-5-9-19(12)17(25)22(18(26)21-19)10-16(24)27-11-15(23)13-7-2-3-8-14(13)20/h2-3,7-8,12H,4-6,9-11H2,1H3,(H,21,26)/t12-,19+/m1/s1. The van der Waals surface area contributed by atoms with Crippen LogP contribution in [0.25, 0.3) is 0 Å². The molecule has 1 heterocycles. The van der Waals surface area contributed by atoms with Crippen molar-refractivity contribution in [2.75, 3.05) is 13.2 Å². The number of carbonyl (C=O) groups excluding carboxylic acids is 4. The molecule has 144 valence electrons. The molecule has 0 bridgehead atoms. The molecule has 3 amide bonds. The number of ketones is 1. The van der Waals surface area contributed by atoms with Crippen molar-refractivity contribution in [3.05, 3.63) is 35.6 Å². The molecular formula is C19H21FN2O5. The number of hydrogen-bond acceptors (Lipinski definition) is 5. The maximum atomic E-state index is 13.6. The monoisotopic (exact) mass is 376 g/mol. The van der Waals surface area contributed by atoms with E-state index in [1.165, 1.54) is 18.2 Å². The van der Waals surface area contributed by atoms with Crippen LogP contribution in [0, 0.1) is 11.7 Å². The molecule has 1 saturated carbocycles. The molecule has 2 atom stereocenters. The first-order valence-corrected chi connectivity index (χ1v) is 8.92. The Morgan fingerprint density at radius 1 is 1.30 bits per heavy atom. The number of ether oxygens (including phenoxy) is 1. The summed E-state index contributed by atoms with van der Waals surface area (Å²) in [5, 5.41) is 2.74. The number of amides is 3. The lowest BCUT2D eigenvalue weighted by atomic mass is 9.73. The predicted molar refractivity (Wildman–Crippen MR) is 92.3 cm³/mol. The number of nitrogens with zero attached hydrogens (tertiary/aromatic N) is 1. The molecule has 2 aliphatic rings. The fourth-order valence-electron chi connectivity index (χ4n) is 3.72. The third kappa shape index (κ3) is 3.56. The molecule has 7 nitrogen and oxygen atoms in total. The van der Waals surface area contributed by atoms with E-state index < -0.39 is 48.2 Å². The summed E-state index contributed by atoms with van der Waals surface area (Å²) >= 11 is 0. The Kier molecular flexibility index (Phi) is 5.25. The molecule has 1 aromatic rings. The third-order valence-corrected chi connectivity index (χ3v) is 5.33. The first kappa shape index (κ1) is 19.0. The summed E-state index contributed by atoms with van der Waals surface area (Å²) < 4.78 is 18.4. The number of esters is 1. The highest BCUT2D eigenvalue weighted by Crippen LogP contribution is 2.38. The second kappa shape index (κ2) is 7.46. The molecule has 8 heteroatoms. The van der Waals surface area contributed by atoms with E-state index in [0.29, 0.717) is 6.42 Å². The van der Waals surface area contributed by atoms with Crippen molar-refractivity contribution in [3.63, 3.8) is 0 Å². The van der Waals surface area contributed by atoms with Gasteiger partial charge in [-0.3, -0.25) is 19.3 Å². The maximum Gasteiger partial charge on any atom is 0.326 e. The van der Waals surface area contributed by atoms with Gasteiger partial charge >= 0.3 is 12.0 Å². The highest BCUT2D eigenvalue weighted by Gasteiger charge is 2.55. The zero-order valence-electron chi connectivity index (χ0n) is 15.0. The summed E-state index contributed by atoms with van der Waals surface area (Å²) in [7, 11) is 0. The number of urea groups is 1. The largest absolute Gasteiger partial charge is 0.456 e. The van der Waals surface area contributed by atoms with E-state index in [2.05, 4.69) is 5.32 Å². The molecule has 1 aliphatic heterocycles. The van der Waals surface area contributed by atoms with Crippen LogP contribution in [0.1, 0.15) is 43.0 Å². The van der Waals surface area contributed by atoms with E-state index in [9.17, 15) is 23.6 Å². The molecule has 0 radical (unpaired) electrons. The normalized spacial score (nSPS) is 24.8. The molecule has 1 aromatic carbocycles. The third-order valence-electron chi connectivity index (χ3n) is 5.33. The summed E-state index contributed by atoms with van der Waals surface area (Å²) in [6.07, 6.45) is 3.18. The van der Waals surface area contributed by atoms with Crippen molar-refractivity contribution >= 4 is 23.7 Å². The quantitative estimate of drug-likeness (QED) is 0.482. The van der Waals surface area contributed by atoms with Crippen molar-refractivity contribution in [1.29, 1.82) is 0 Å². The van der Waals surface area contributed by atoms with E-state index in [1.54, 1.807) is 0 Å². The number of benzene rings is 1. The first-order chi connectivity index (χ1) is 12.8. The van der Waals surface area contributed by atoms with Crippen molar-refractivity contribution in [2.45, 2.75) is 38.1 Å². The summed E-state index contributed by atoms with van der Waals surface area (Å²) in [6, 6.07) is 4.73. The van der Waals surface area contributed by atoms with E-state index in [0.717, 1.165) is 30.2 Å². The SMILES string of the molecule is C[C@@H]1CCCC[C@]12NC(=O)N(CC(=O)OCC(=O)c1ccccc1F)C2=O. The lowest BCUT2D eigenvalue weighted by Crippen LogP contribution is -2.54. The van der Waals surface area contributed by atoms with Gasteiger partial charge in [0.15, 0.2) is 6.61 Å². The van der Waals surface area contributed by atoms with Crippen LogP contribution in [-0.2, 0) is 14.3 Å². The number of Topliss-reactive ketones (excluding diaryl/α,β-unsaturated/α-hetero) is 1. The summed E-state index contributed by atoms with van der Waals surface area (Å²) in [5.41, 5.74) is -1.14. The smallest absolute Gasteiger partial charge is 0.326 e. The number of hydrogen-bond donors (Lipinski definition) is 1. The molecular weight excluding hydrogens is 355 g/mol. The molecule has 1 saturated heterocycles. The van der Waals surface area contributed by atoms with Gasteiger partial charge in [0.2, 0.25) is 5.78 Å². The first-order valence-electron chi connectivity index (χ1n) is 8.92. The van der Waals surface area contributed by atoms with Gasteiger partial charge in [-0.1, -0.05) is 31.9 Å². The fraction of sp³-hybridized carbons (Fsp3) is 0.474. The molecule has 0 unspecified atom stereocenters. The van der Waals surface area contributed by atoms with E-state index in [-0.39, 0.29) is 11.5 Å². The minimum Gasteiger partial charge on any atom is -0.456 e. The Bertz CT molecular complexity index is 796. The molecule has 0 aromatic heterocycles. The molecule has 3 rings (SSSR count). The van der Waals surface area contributed by atoms with Crippen molar-refractivity contribution in [3.8, 4) is 0 Å². The van der Waals surface area contributed by atoms with E-state index >= 15 is 0 Å². The lowest BCUT2D eigenvalue weighted by Gasteiger charge is -2.36. The minimum absolute atomic E-state index is 0.0219. The lowest BCUT2D eigenvalue weighted by molar-refractivity contribution is -0.147. The molecule has 1 spiro atoms. The van der Waals surface area contributed by atoms with Gasteiger partial charge in [0, 0.05) is 0 Å². The number of rotatable bonds is 5. The Labute approximate surface area is 155 Å². The second-order valence-corrected chi connectivity index (χ2v) is 7.00. The molecule has 27 heavy (non-hydrogen) atoms. The molecule has 1 N–H and O–H groups in total. The Hall–Kier alpha value is -2.77. The van der Waals surface area contributed by atoms with Crippen LogP contribution in [0.5, 0.6) is 0 Å². The van der Waals surface area contributed by atoms with Gasteiger partial charge in [-0.15, -0.1) is 0 Å². The van der Waals surface area contributed by atoms with Crippen LogP contribution in [-0.4, -0.2) is 47.3 Å². The topological polar surface area (TPSA) is 92.8 Å². The highest BCUT2D eigenvalue weighted by molar-refractivity contribution is 6.09. The van der Waals surface area contributed by atoms with Gasteiger partial charge in [-0.05, 0) is 30.9 Å². The van der Waals surface area contributed by atoms with Gasteiger partial charge in [-0.2, -0.15) is 0 Å². The Morgan fingerprint density at radius 3 is 2.74 bits per heavy atom. The van der Waals surface area contributed by atoms with Crippen molar-refractivity contribution in [1.82, 2.24) is 10.2 Å². The zero-order valence-corrected chi connectivity index (χ0v) is 15.0. The van der Waals surface area contributed by atoms with Gasteiger partial charge in [-0.25, -0.2) is 9.18 Å². The number of carbonyl (C=O) groups is 4. The average molecular weight is 376 g/mol. The van der Waals surface area contributed by atoms with Crippen LogP contribution >= 0.6 is 0 Å². The number of halogens is 1. The van der Waals surface area contributed by atoms with Crippen LogP contribution in [0.3, 0.4) is 0 Å². The van der Waals surface area contributed by atoms with Crippen molar-refractivity contribution < 1.29 is 28.3 Å². The zero-order chi connectivity index (χ0) is 19.6. The van der Waals surface area contributed by atoms with E-state index in [1.807, 2.05) is 6.92 Å². The van der Waals surface area contributed by atoms with Crippen molar-refractivity contribution in [2.24, 2.45) is 5.92 Å². The van der Waals surface area contributed by atoms with Crippen LogP contribution in [0.2, 0.25) is 0 Å². The summed E-state index contributed by atoms with van der Waals surface area (Å²) in [6.45, 7) is 0.668. The van der Waals surface area contributed by atoms with E-state index in [4.69, 9.17) is 4.74 Å². The Balaban J connectivity index is 1.59. The van der Waals surface area contributed by atoms with Gasteiger partial charge in [0.05, 0.1) is 5.56 Å². The molecule has 2 fully saturated rings. The highest BCUT2D eigenvalue weighted by atomic mass is 19.1. The fourth-order valence-corrected chi connectivity index (χ4v) is 3.72. The number of imide groups is 1. The van der Waals surface area contributed by atoms with Gasteiger partial charge < -0.3 is 10.1 Å². The van der Waals surface area contributed by atoms with Crippen LogP contribution < -0.4 is 5.32 Å². The summed E-state index contributed by atoms with van der Waals surface area (Å²) in [4.78, 5) is 49.8. The molecule has 1 aliphatic carbocycles. The second-order valence-electron chi connectivity index (χ2n) is 7.00.